The van der Waals surface area contributed by atoms with Crippen LogP contribution in [0.1, 0.15) is 24.0 Å². The van der Waals surface area contributed by atoms with Gasteiger partial charge in [-0.2, -0.15) is 0 Å². The summed E-state index contributed by atoms with van der Waals surface area (Å²) in [6.07, 6.45) is 3.05. The number of carbonyl (C=O) groups is 2. The van der Waals surface area contributed by atoms with Gasteiger partial charge in [0.15, 0.2) is 11.6 Å². The van der Waals surface area contributed by atoms with Crippen LogP contribution in [0, 0.1) is 18.7 Å². The molecule has 0 radical (unpaired) electrons. The van der Waals surface area contributed by atoms with Crippen molar-refractivity contribution >= 4 is 29.2 Å². The maximum atomic E-state index is 14.3. The van der Waals surface area contributed by atoms with E-state index in [0.29, 0.717) is 6.54 Å². The summed E-state index contributed by atoms with van der Waals surface area (Å²) in [6.45, 7) is 2.15. The van der Waals surface area contributed by atoms with Gasteiger partial charge in [-0.05, 0) is 37.3 Å². The molecule has 27 heavy (non-hydrogen) atoms. The highest BCUT2D eigenvalue weighted by molar-refractivity contribution is 6.30. The van der Waals surface area contributed by atoms with Crippen molar-refractivity contribution in [1.29, 1.82) is 0 Å². The molecule has 2 aromatic rings. The van der Waals surface area contributed by atoms with Crippen LogP contribution in [0.25, 0.3) is 0 Å². The molecule has 2 amide bonds. The van der Waals surface area contributed by atoms with Crippen LogP contribution in [0.15, 0.2) is 36.5 Å². The van der Waals surface area contributed by atoms with Crippen LogP contribution in [0.3, 0.4) is 0 Å². The molecule has 1 saturated carbocycles. The van der Waals surface area contributed by atoms with Gasteiger partial charge < -0.3 is 4.90 Å². The lowest BCUT2D eigenvalue weighted by Crippen LogP contribution is -2.61. The number of halogens is 2. The van der Waals surface area contributed by atoms with Crippen LogP contribution in [0.5, 0.6) is 0 Å². The SMILES string of the molecule is Cc1ccc(CN2C(=O)CN(c3ncc(Cl)cc3F)C(=O)[C@@H]2C2CC2)cc1. The minimum atomic E-state index is -0.704. The Hall–Kier alpha value is -2.47. The third-order valence-electron chi connectivity index (χ3n) is 5.05. The summed E-state index contributed by atoms with van der Waals surface area (Å²) in [4.78, 5) is 32.7. The Morgan fingerprint density at radius 1 is 1.22 bits per heavy atom. The largest absolute Gasteiger partial charge is 0.324 e. The summed E-state index contributed by atoms with van der Waals surface area (Å²) in [5.41, 5.74) is 2.10. The quantitative estimate of drug-likeness (QED) is 0.808. The lowest BCUT2D eigenvalue weighted by atomic mass is 10.0. The molecule has 1 atom stereocenters. The normalized spacial score (nSPS) is 20.3. The summed E-state index contributed by atoms with van der Waals surface area (Å²) in [5.74, 6) is -1.21. The highest BCUT2D eigenvalue weighted by Gasteiger charge is 2.48. The van der Waals surface area contributed by atoms with Gasteiger partial charge in [0.05, 0.1) is 5.02 Å². The van der Waals surface area contributed by atoms with E-state index >= 15 is 0 Å². The van der Waals surface area contributed by atoms with E-state index in [1.165, 1.54) is 6.20 Å². The highest BCUT2D eigenvalue weighted by atomic mass is 35.5. The number of aryl methyl sites for hydroxylation is 1. The number of piperazine rings is 1. The minimum Gasteiger partial charge on any atom is -0.324 e. The Morgan fingerprint density at radius 2 is 1.93 bits per heavy atom. The molecule has 0 spiro atoms. The number of hydrogen-bond acceptors (Lipinski definition) is 3. The summed E-state index contributed by atoms with van der Waals surface area (Å²) in [5, 5.41) is 0.145. The number of carbonyl (C=O) groups excluding carboxylic acids is 2. The minimum absolute atomic E-state index is 0.116. The maximum Gasteiger partial charge on any atom is 0.251 e. The van der Waals surface area contributed by atoms with Gasteiger partial charge >= 0.3 is 0 Å². The van der Waals surface area contributed by atoms with Crippen LogP contribution < -0.4 is 4.90 Å². The number of amides is 2. The molecule has 0 bridgehead atoms. The number of benzene rings is 1. The topological polar surface area (TPSA) is 53.5 Å². The van der Waals surface area contributed by atoms with E-state index in [-0.39, 0.29) is 35.1 Å². The first-order valence-electron chi connectivity index (χ1n) is 8.91. The second-order valence-electron chi connectivity index (χ2n) is 7.17. The maximum absolute atomic E-state index is 14.3. The van der Waals surface area contributed by atoms with Crippen molar-refractivity contribution < 1.29 is 14.0 Å². The molecule has 0 N–H and O–H groups in total. The standard InChI is InChI=1S/C20H19ClFN3O2/c1-12-2-4-13(5-3-12)10-24-17(26)11-25(20(27)18(24)14-6-7-14)19-16(22)8-15(21)9-23-19/h2-5,8-9,14,18H,6-7,10-11H2,1H3/t18-/m0/s1. The van der Waals surface area contributed by atoms with Gasteiger partial charge in [0, 0.05) is 12.7 Å². The fraction of sp³-hybridized carbons (Fsp3) is 0.350. The molecule has 1 aromatic carbocycles. The summed E-state index contributed by atoms with van der Waals surface area (Å²) in [6, 6.07) is 8.41. The summed E-state index contributed by atoms with van der Waals surface area (Å²) < 4.78 is 14.3. The van der Waals surface area contributed by atoms with Crippen molar-refractivity contribution in [3.63, 3.8) is 0 Å². The lowest BCUT2D eigenvalue weighted by Gasteiger charge is -2.40. The van der Waals surface area contributed by atoms with Crippen LogP contribution >= 0.6 is 11.6 Å². The number of pyridine rings is 1. The lowest BCUT2D eigenvalue weighted by molar-refractivity contribution is -0.144. The van der Waals surface area contributed by atoms with E-state index in [1.54, 1.807) is 4.90 Å². The van der Waals surface area contributed by atoms with Gasteiger partial charge in [0.1, 0.15) is 12.6 Å². The van der Waals surface area contributed by atoms with Crippen LogP contribution in [0.4, 0.5) is 10.2 Å². The number of hydrogen-bond donors (Lipinski definition) is 0. The molecule has 0 unspecified atom stereocenters. The Kier molecular flexibility index (Phi) is 4.60. The molecule has 1 saturated heterocycles. The Labute approximate surface area is 161 Å². The first-order chi connectivity index (χ1) is 12.9. The zero-order chi connectivity index (χ0) is 19.1. The van der Waals surface area contributed by atoms with E-state index in [4.69, 9.17) is 11.6 Å². The van der Waals surface area contributed by atoms with Gasteiger partial charge in [0.25, 0.3) is 5.91 Å². The fourth-order valence-corrected chi connectivity index (χ4v) is 3.63. The fourth-order valence-electron chi connectivity index (χ4n) is 3.48. The average Bonchev–Trinajstić information content (AvgIpc) is 3.45. The molecule has 2 fully saturated rings. The van der Waals surface area contributed by atoms with Crippen molar-refractivity contribution in [2.24, 2.45) is 5.92 Å². The average molecular weight is 388 g/mol. The summed E-state index contributed by atoms with van der Waals surface area (Å²) in [7, 11) is 0. The van der Waals surface area contributed by atoms with Crippen molar-refractivity contribution in [2.75, 3.05) is 11.4 Å². The second-order valence-corrected chi connectivity index (χ2v) is 7.61. The van der Waals surface area contributed by atoms with Crippen molar-refractivity contribution in [1.82, 2.24) is 9.88 Å². The molecule has 140 valence electrons. The number of anilines is 1. The van der Waals surface area contributed by atoms with Crippen LogP contribution in [-0.2, 0) is 16.1 Å². The van der Waals surface area contributed by atoms with E-state index in [1.807, 2.05) is 31.2 Å². The smallest absolute Gasteiger partial charge is 0.251 e. The Balaban J connectivity index is 1.63. The molecular formula is C20H19ClFN3O2. The molecule has 2 aliphatic rings. The van der Waals surface area contributed by atoms with Crippen molar-refractivity contribution in [2.45, 2.75) is 32.4 Å². The molecule has 7 heteroatoms. The molecular weight excluding hydrogens is 369 g/mol. The molecule has 1 aliphatic heterocycles. The molecule has 1 aromatic heterocycles. The van der Waals surface area contributed by atoms with Gasteiger partial charge in [-0.25, -0.2) is 9.37 Å². The molecule has 5 nitrogen and oxygen atoms in total. The van der Waals surface area contributed by atoms with E-state index in [0.717, 1.165) is 34.9 Å². The molecule has 4 rings (SSSR count). The van der Waals surface area contributed by atoms with E-state index in [9.17, 15) is 14.0 Å². The van der Waals surface area contributed by atoms with Crippen molar-refractivity contribution in [3.05, 3.63) is 58.5 Å². The van der Waals surface area contributed by atoms with Gasteiger partial charge in [0.2, 0.25) is 5.91 Å². The monoisotopic (exact) mass is 387 g/mol. The first-order valence-corrected chi connectivity index (χ1v) is 9.29. The first kappa shape index (κ1) is 17.9. The zero-order valence-electron chi connectivity index (χ0n) is 14.9. The summed E-state index contributed by atoms with van der Waals surface area (Å²) >= 11 is 5.75. The second kappa shape index (κ2) is 6.93. The predicted molar refractivity (Wildman–Crippen MR) is 99.8 cm³/mol. The van der Waals surface area contributed by atoms with Crippen LogP contribution in [-0.4, -0.2) is 34.3 Å². The van der Waals surface area contributed by atoms with Gasteiger partial charge in [-0.1, -0.05) is 41.4 Å². The van der Waals surface area contributed by atoms with E-state index in [2.05, 4.69) is 4.98 Å². The Bertz CT molecular complexity index is 899. The zero-order valence-corrected chi connectivity index (χ0v) is 15.6. The molecule has 2 heterocycles. The predicted octanol–water partition coefficient (Wildman–Crippen LogP) is 3.34. The third-order valence-corrected chi connectivity index (χ3v) is 5.26. The number of nitrogens with zero attached hydrogens (tertiary/aromatic N) is 3. The van der Waals surface area contributed by atoms with E-state index < -0.39 is 11.9 Å². The third kappa shape index (κ3) is 3.54. The van der Waals surface area contributed by atoms with Crippen LogP contribution in [0.2, 0.25) is 5.02 Å². The van der Waals surface area contributed by atoms with Gasteiger partial charge in [-0.15, -0.1) is 0 Å². The number of aromatic nitrogens is 1. The number of rotatable bonds is 4. The Morgan fingerprint density at radius 3 is 2.56 bits per heavy atom. The van der Waals surface area contributed by atoms with Gasteiger partial charge in [-0.3, -0.25) is 14.5 Å². The molecule has 1 aliphatic carbocycles. The highest BCUT2D eigenvalue weighted by Crippen LogP contribution is 2.39. The van der Waals surface area contributed by atoms with Crippen molar-refractivity contribution in [3.8, 4) is 0 Å².